The quantitative estimate of drug-likeness (QED) is 0.690. The van der Waals surface area contributed by atoms with Crippen LogP contribution in [0.5, 0.6) is 11.5 Å². The van der Waals surface area contributed by atoms with Crippen molar-refractivity contribution in [1.82, 2.24) is 4.90 Å². The van der Waals surface area contributed by atoms with Gasteiger partial charge in [-0.05, 0) is 29.7 Å². The molecule has 0 saturated carbocycles. The van der Waals surface area contributed by atoms with Crippen LogP contribution in [0.15, 0.2) is 23.8 Å². The lowest BCUT2D eigenvalue weighted by Crippen LogP contribution is -2.49. The molecule has 4 aliphatic rings. The van der Waals surface area contributed by atoms with Crippen LogP contribution in [0.3, 0.4) is 0 Å². The summed E-state index contributed by atoms with van der Waals surface area (Å²) >= 11 is 0. The molecule has 1 aromatic carbocycles. The maximum atomic E-state index is 10.5. The first kappa shape index (κ1) is 12.0. The minimum absolute atomic E-state index is 0.0826. The Kier molecular flexibility index (Phi) is 2.29. The number of fused-ring (bicyclic) bond motifs is 3. The van der Waals surface area contributed by atoms with E-state index in [-0.39, 0.29) is 18.8 Å². The van der Waals surface area contributed by atoms with Gasteiger partial charge in [-0.1, -0.05) is 11.6 Å². The number of ether oxygens (including phenoxy) is 2. The summed E-state index contributed by atoms with van der Waals surface area (Å²) in [7, 11) is 0. The molecule has 1 aliphatic carbocycles. The number of aliphatic hydroxyl groups excluding tert-OH is 2. The average Bonchev–Trinajstić information content (AvgIpc) is 3.08. The van der Waals surface area contributed by atoms with Crippen LogP contribution in [0.1, 0.15) is 23.5 Å². The van der Waals surface area contributed by atoms with Crippen molar-refractivity contribution in [3.63, 3.8) is 0 Å². The Hall–Kier alpha value is -1.56. The van der Waals surface area contributed by atoms with Crippen LogP contribution in [0.25, 0.3) is 0 Å². The molecule has 0 spiro atoms. The fraction of sp³-hybridized carbons (Fsp3) is 0.500. The predicted molar refractivity (Wildman–Crippen MR) is 74.2 cm³/mol. The molecular formula is C16H17NO4. The van der Waals surface area contributed by atoms with Crippen LogP contribution < -0.4 is 9.47 Å². The van der Waals surface area contributed by atoms with Crippen molar-refractivity contribution in [2.45, 2.75) is 37.1 Å². The van der Waals surface area contributed by atoms with Gasteiger partial charge in [0, 0.05) is 25.0 Å². The highest BCUT2D eigenvalue weighted by molar-refractivity contribution is 5.53. The molecule has 1 fully saturated rings. The summed E-state index contributed by atoms with van der Waals surface area (Å²) in [5, 5.41) is 20.7. The molecule has 2 N–H and O–H groups in total. The van der Waals surface area contributed by atoms with E-state index in [0.717, 1.165) is 36.6 Å². The number of nitrogens with zero attached hydrogens (tertiary/aromatic N) is 1. The highest BCUT2D eigenvalue weighted by Crippen LogP contribution is 2.49. The molecule has 1 aromatic rings. The van der Waals surface area contributed by atoms with E-state index in [2.05, 4.69) is 4.90 Å². The van der Waals surface area contributed by atoms with Gasteiger partial charge in [0.1, 0.15) is 0 Å². The molecule has 5 heteroatoms. The normalized spacial score (nSPS) is 36.2. The minimum atomic E-state index is -0.780. The van der Waals surface area contributed by atoms with Crippen LogP contribution in [0, 0.1) is 0 Å². The topological polar surface area (TPSA) is 62.2 Å². The maximum Gasteiger partial charge on any atom is 0.231 e. The highest BCUT2D eigenvalue weighted by Gasteiger charge is 2.48. The zero-order valence-electron chi connectivity index (χ0n) is 11.5. The number of hydrogen-bond acceptors (Lipinski definition) is 5. The van der Waals surface area contributed by atoms with Gasteiger partial charge in [-0.25, -0.2) is 0 Å². The van der Waals surface area contributed by atoms with E-state index in [0.29, 0.717) is 0 Å². The average molecular weight is 287 g/mol. The summed E-state index contributed by atoms with van der Waals surface area (Å²) in [6, 6.07) is 4.25. The molecule has 21 heavy (non-hydrogen) atoms. The van der Waals surface area contributed by atoms with Crippen molar-refractivity contribution in [3.05, 3.63) is 34.9 Å². The van der Waals surface area contributed by atoms with Gasteiger partial charge in [-0.2, -0.15) is 0 Å². The largest absolute Gasteiger partial charge is 0.454 e. The lowest BCUT2D eigenvalue weighted by molar-refractivity contribution is -0.00157. The first-order valence-corrected chi connectivity index (χ1v) is 7.45. The monoisotopic (exact) mass is 287 g/mol. The standard InChI is InChI=1S/C16H17NO4/c18-11-3-8-1-2-17-6-9-4-12-13(21-7-20-12)5-10(9)14(15(8)17)16(11)19/h3-5,11,14-16,18-19H,1-2,6-7H2/t11-,14+,15-,16-/m1/s1. The lowest BCUT2D eigenvalue weighted by atomic mass is 9.73. The van der Waals surface area contributed by atoms with Crippen LogP contribution in [-0.2, 0) is 6.54 Å². The van der Waals surface area contributed by atoms with E-state index in [9.17, 15) is 10.2 Å². The summed E-state index contributed by atoms with van der Waals surface area (Å²) in [5.41, 5.74) is 3.54. The molecule has 4 atom stereocenters. The van der Waals surface area contributed by atoms with Gasteiger partial charge in [0.2, 0.25) is 6.79 Å². The van der Waals surface area contributed by atoms with Crippen molar-refractivity contribution >= 4 is 0 Å². The third kappa shape index (κ3) is 1.51. The van der Waals surface area contributed by atoms with Gasteiger partial charge in [0.05, 0.1) is 12.2 Å². The van der Waals surface area contributed by atoms with E-state index in [1.165, 1.54) is 11.1 Å². The maximum absolute atomic E-state index is 10.5. The third-order valence-corrected chi connectivity index (χ3v) is 5.27. The summed E-state index contributed by atoms with van der Waals surface area (Å²) in [6.45, 7) is 2.11. The molecule has 0 amide bonds. The molecule has 0 radical (unpaired) electrons. The molecule has 5 nitrogen and oxygen atoms in total. The molecule has 3 aliphatic heterocycles. The third-order valence-electron chi connectivity index (χ3n) is 5.27. The molecule has 3 heterocycles. The van der Waals surface area contributed by atoms with Crippen LogP contribution in [-0.4, -0.2) is 46.7 Å². The van der Waals surface area contributed by atoms with Gasteiger partial charge in [0.15, 0.2) is 11.5 Å². The Morgan fingerprint density at radius 1 is 1.14 bits per heavy atom. The zero-order valence-corrected chi connectivity index (χ0v) is 11.5. The Balaban J connectivity index is 1.70. The second-order valence-electron chi connectivity index (χ2n) is 6.32. The number of hydrogen-bond donors (Lipinski definition) is 2. The summed E-state index contributed by atoms with van der Waals surface area (Å²) in [4.78, 5) is 2.40. The Morgan fingerprint density at radius 3 is 2.81 bits per heavy atom. The van der Waals surface area contributed by atoms with Crippen molar-refractivity contribution < 1.29 is 19.7 Å². The predicted octanol–water partition coefficient (Wildman–Crippen LogP) is 0.749. The SMILES string of the molecule is O[C@H]1[C@H]2c3cc4c(cc3CN3CCC(=C[C@H]1O)[C@H]23)OCO4. The second kappa shape index (κ2) is 4.00. The van der Waals surface area contributed by atoms with E-state index in [1.54, 1.807) is 0 Å². The second-order valence-corrected chi connectivity index (χ2v) is 6.32. The fourth-order valence-corrected chi connectivity index (χ4v) is 4.35. The van der Waals surface area contributed by atoms with Crippen molar-refractivity contribution in [2.24, 2.45) is 0 Å². The van der Waals surface area contributed by atoms with E-state index >= 15 is 0 Å². The Bertz CT molecular complexity index is 656. The summed E-state index contributed by atoms with van der Waals surface area (Å²) < 4.78 is 10.9. The van der Waals surface area contributed by atoms with E-state index < -0.39 is 12.2 Å². The Morgan fingerprint density at radius 2 is 1.95 bits per heavy atom. The van der Waals surface area contributed by atoms with Crippen LogP contribution in [0.4, 0.5) is 0 Å². The summed E-state index contributed by atoms with van der Waals surface area (Å²) in [5.74, 6) is 1.45. The van der Waals surface area contributed by atoms with Gasteiger partial charge in [-0.3, -0.25) is 4.90 Å². The molecule has 5 rings (SSSR count). The first-order valence-electron chi connectivity index (χ1n) is 7.45. The molecule has 0 unspecified atom stereocenters. The van der Waals surface area contributed by atoms with Gasteiger partial charge < -0.3 is 19.7 Å². The molecular weight excluding hydrogens is 270 g/mol. The fourth-order valence-electron chi connectivity index (χ4n) is 4.35. The minimum Gasteiger partial charge on any atom is -0.454 e. The van der Waals surface area contributed by atoms with Crippen LogP contribution in [0.2, 0.25) is 0 Å². The first-order chi connectivity index (χ1) is 10.2. The molecule has 1 saturated heterocycles. The summed E-state index contributed by atoms with van der Waals surface area (Å²) in [6.07, 6.45) is 1.28. The van der Waals surface area contributed by atoms with Crippen LogP contribution >= 0.6 is 0 Å². The number of rotatable bonds is 0. The Labute approximate surface area is 122 Å². The van der Waals surface area contributed by atoms with E-state index in [4.69, 9.17) is 9.47 Å². The zero-order chi connectivity index (χ0) is 14.1. The molecule has 0 bridgehead atoms. The van der Waals surface area contributed by atoms with E-state index in [1.807, 2.05) is 18.2 Å². The lowest BCUT2D eigenvalue weighted by Gasteiger charge is -2.44. The van der Waals surface area contributed by atoms with Crippen molar-refractivity contribution in [2.75, 3.05) is 13.3 Å². The van der Waals surface area contributed by atoms with Gasteiger partial charge in [0.25, 0.3) is 0 Å². The number of benzene rings is 1. The van der Waals surface area contributed by atoms with Gasteiger partial charge >= 0.3 is 0 Å². The molecule has 0 aromatic heterocycles. The smallest absolute Gasteiger partial charge is 0.231 e. The van der Waals surface area contributed by atoms with Gasteiger partial charge in [-0.15, -0.1) is 0 Å². The van der Waals surface area contributed by atoms with Crippen molar-refractivity contribution in [3.8, 4) is 11.5 Å². The number of aliphatic hydroxyl groups is 2. The highest BCUT2D eigenvalue weighted by atomic mass is 16.7. The molecule has 110 valence electrons. The van der Waals surface area contributed by atoms with Crippen molar-refractivity contribution in [1.29, 1.82) is 0 Å².